The van der Waals surface area contributed by atoms with Gasteiger partial charge in [-0.3, -0.25) is 0 Å². The van der Waals surface area contributed by atoms with E-state index in [4.69, 9.17) is 19.3 Å². The standard InChI is InChI=1S/C16H16N2O5/c1-21-12-6-11(7-13(22-2)15(12)23-3)16-17-8-10(9-18-16)4-5-14(19)20/h4-9H,1-3H3,(H,19,20)/b5-4+. The van der Waals surface area contributed by atoms with E-state index in [2.05, 4.69) is 9.97 Å². The molecular formula is C16H16N2O5. The number of carboxylic acid groups (broad SMARTS) is 1. The minimum Gasteiger partial charge on any atom is -0.493 e. The molecule has 0 saturated heterocycles. The van der Waals surface area contributed by atoms with Crippen molar-refractivity contribution in [2.24, 2.45) is 0 Å². The third-order valence-corrected chi connectivity index (χ3v) is 3.01. The number of hydrogen-bond donors (Lipinski definition) is 1. The zero-order valence-corrected chi connectivity index (χ0v) is 12.9. The summed E-state index contributed by atoms with van der Waals surface area (Å²) in [6.07, 6.45) is 5.51. The fourth-order valence-corrected chi connectivity index (χ4v) is 1.95. The molecular weight excluding hydrogens is 300 g/mol. The van der Waals surface area contributed by atoms with Gasteiger partial charge < -0.3 is 19.3 Å². The number of carbonyl (C=O) groups is 1. The molecule has 0 spiro atoms. The van der Waals surface area contributed by atoms with E-state index < -0.39 is 5.97 Å². The maximum atomic E-state index is 10.5. The minimum absolute atomic E-state index is 0.455. The normalized spacial score (nSPS) is 10.6. The third kappa shape index (κ3) is 3.76. The van der Waals surface area contributed by atoms with Crippen LogP contribution in [0, 0.1) is 0 Å². The average molecular weight is 316 g/mol. The second-order valence-electron chi connectivity index (χ2n) is 4.43. The second kappa shape index (κ2) is 7.26. The van der Waals surface area contributed by atoms with Gasteiger partial charge >= 0.3 is 5.97 Å². The van der Waals surface area contributed by atoms with Gasteiger partial charge in [-0.1, -0.05) is 0 Å². The molecule has 0 aliphatic carbocycles. The van der Waals surface area contributed by atoms with Crippen molar-refractivity contribution in [3.8, 4) is 28.6 Å². The maximum Gasteiger partial charge on any atom is 0.328 e. The number of aromatic nitrogens is 2. The number of carboxylic acids is 1. The summed E-state index contributed by atoms with van der Waals surface area (Å²) in [4.78, 5) is 18.9. The first kappa shape index (κ1) is 16.3. The van der Waals surface area contributed by atoms with Crippen molar-refractivity contribution in [3.63, 3.8) is 0 Å². The summed E-state index contributed by atoms with van der Waals surface area (Å²) < 4.78 is 15.9. The zero-order valence-electron chi connectivity index (χ0n) is 12.9. The van der Waals surface area contributed by atoms with Gasteiger partial charge in [0.25, 0.3) is 0 Å². The lowest BCUT2D eigenvalue weighted by atomic mass is 10.1. The van der Waals surface area contributed by atoms with Crippen LogP contribution >= 0.6 is 0 Å². The highest BCUT2D eigenvalue weighted by molar-refractivity contribution is 5.85. The highest BCUT2D eigenvalue weighted by Gasteiger charge is 2.15. The largest absolute Gasteiger partial charge is 0.493 e. The molecule has 0 bridgehead atoms. The number of benzene rings is 1. The van der Waals surface area contributed by atoms with Crippen LogP contribution in [0.15, 0.2) is 30.6 Å². The van der Waals surface area contributed by atoms with Gasteiger partial charge in [-0.05, 0) is 18.2 Å². The molecule has 0 fully saturated rings. The van der Waals surface area contributed by atoms with Gasteiger partial charge in [0.05, 0.1) is 21.3 Å². The monoisotopic (exact) mass is 316 g/mol. The van der Waals surface area contributed by atoms with Crippen LogP contribution in [0.25, 0.3) is 17.5 Å². The quantitative estimate of drug-likeness (QED) is 0.817. The Morgan fingerprint density at radius 1 is 1.04 bits per heavy atom. The summed E-state index contributed by atoms with van der Waals surface area (Å²) >= 11 is 0. The number of nitrogens with zero attached hydrogens (tertiary/aromatic N) is 2. The summed E-state index contributed by atoms with van der Waals surface area (Å²) in [5, 5.41) is 8.60. The summed E-state index contributed by atoms with van der Waals surface area (Å²) in [6.45, 7) is 0. The SMILES string of the molecule is COc1cc(-c2ncc(/C=C/C(=O)O)cn2)cc(OC)c1OC. The third-order valence-electron chi connectivity index (χ3n) is 3.01. The Bertz CT molecular complexity index is 701. The Hall–Kier alpha value is -3.09. The van der Waals surface area contributed by atoms with Crippen molar-refractivity contribution in [3.05, 3.63) is 36.2 Å². The molecule has 0 amide bonds. The van der Waals surface area contributed by atoms with Crippen molar-refractivity contribution >= 4 is 12.0 Å². The Morgan fingerprint density at radius 2 is 1.61 bits per heavy atom. The lowest BCUT2D eigenvalue weighted by Crippen LogP contribution is -1.97. The van der Waals surface area contributed by atoms with Crippen LogP contribution in [0.1, 0.15) is 5.56 Å². The van der Waals surface area contributed by atoms with Crippen molar-refractivity contribution in [2.75, 3.05) is 21.3 Å². The van der Waals surface area contributed by atoms with Crippen LogP contribution in [0.3, 0.4) is 0 Å². The second-order valence-corrected chi connectivity index (χ2v) is 4.43. The van der Waals surface area contributed by atoms with Gasteiger partial charge in [0.1, 0.15) is 0 Å². The Labute approximate surface area is 133 Å². The van der Waals surface area contributed by atoms with E-state index in [1.165, 1.54) is 39.8 Å². The maximum absolute atomic E-state index is 10.5. The summed E-state index contributed by atoms with van der Waals surface area (Å²) in [5.41, 5.74) is 1.27. The molecule has 23 heavy (non-hydrogen) atoms. The van der Waals surface area contributed by atoms with Gasteiger partial charge in [0, 0.05) is 29.6 Å². The molecule has 0 aliphatic rings. The molecule has 0 atom stereocenters. The molecule has 2 aromatic rings. The van der Waals surface area contributed by atoms with Crippen LogP contribution in [-0.2, 0) is 4.79 Å². The molecule has 1 heterocycles. The summed E-state index contributed by atoms with van der Waals surface area (Å²) in [6, 6.07) is 3.48. The predicted octanol–water partition coefficient (Wildman–Crippen LogP) is 2.27. The van der Waals surface area contributed by atoms with Gasteiger partial charge in [-0.2, -0.15) is 0 Å². The first-order valence-corrected chi connectivity index (χ1v) is 6.62. The number of aliphatic carboxylic acids is 1. The molecule has 1 N–H and O–H groups in total. The van der Waals surface area contributed by atoms with E-state index in [1.807, 2.05) is 0 Å². The fraction of sp³-hybridized carbons (Fsp3) is 0.188. The summed E-state index contributed by atoms with van der Waals surface area (Å²) in [7, 11) is 4.59. The van der Waals surface area contributed by atoms with E-state index in [-0.39, 0.29) is 0 Å². The molecule has 1 aromatic carbocycles. The van der Waals surface area contributed by atoms with Crippen LogP contribution in [-0.4, -0.2) is 42.4 Å². The Morgan fingerprint density at radius 3 is 2.04 bits per heavy atom. The topological polar surface area (TPSA) is 90.8 Å². The van der Waals surface area contributed by atoms with E-state index >= 15 is 0 Å². The van der Waals surface area contributed by atoms with E-state index in [0.29, 0.717) is 34.2 Å². The van der Waals surface area contributed by atoms with Crippen molar-refractivity contribution in [1.29, 1.82) is 0 Å². The number of hydrogen-bond acceptors (Lipinski definition) is 6. The molecule has 120 valence electrons. The molecule has 0 saturated carbocycles. The molecule has 0 unspecified atom stereocenters. The van der Waals surface area contributed by atoms with Crippen molar-refractivity contribution in [2.45, 2.75) is 0 Å². The lowest BCUT2D eigenvalue weighted by molar-refractivity contribution is -0.131. The minimum atomic E-state index is -1.03. The summed E-state index contributed by atoms with van der Waals surface area (Å²) in [5.74, 6) is 0.913. The first-order chi connectivity index (χ1) is 11.1. The number of methoxy groups -OCH3 is 3. The van der Waals surface area contributed by atoms with E-state index in [9.17, 15) is 4.79 Å². The van der Waals surface area contributed by atoms with Crippen molar-refractivity contribution < 1.29 is 24.1 Å². The highest BCUT2D eigenvalue weighted by Crippen LogP contribution is 2.40. The van der Waals surface area contributed by atoms with Crippen LogP contribution in [0.2, 0.25) is 0 Å². The highest BCUT2D eigenvalue weighted by atomic mass is 16.5. The predicted molar refractivity (Wildman–Crippen MR) is 83.8 cm³/mol. The number of ether oxygens (including phenoxy) is 3. The Balaban J connectivity index is 2.40. The van der Waals surface area contributed by atoms with Crippen LogP contribution in [0.5, 0.6) is 17.2 Å². The van der Waals surface area contributed by atoms with Gasteiger partial charge in [0.2, 0.25) is 5.75 Å². The van der Waals surface area contributed by atoms with Crippen LogP contribution < -0.4 is 14.2 Å². The first-order valence-electron chi connectivity index (χ1n) is 6.62. The molecule has 0 radical (unpaired) electrons. The molecule has 2 rings (SSSR count). The molecule has 0 aliphatic heterocycles. The van der Waals surface area contributed by atoms with Crippen LogP contribution in [0.4, 0.5) is 0 Å². The van der Waals surface area contributed by atoms with E-state index in [1.54, 1.807) is 12.1 Å². The fourth-order valence-electron chi connectivity index (χ4n) is 1.95. The zero-order chi connectivity index (χ0) is 16.8. The molecule has 7 heteroatoms. The average Bonchev–Trinajstić information content (AvgIpc) is 2.58. The van der Waals surface area contributed by atoms with Gasteiger partial charge in [-0.15, -0.1) is 0 Å². The van der Waals surface area contributed by atoms with Gasteiger partial charge in [0.15, 0.2) is 17.3 Å². The van der Waals surface area contributed by atoms with E-state index in [0.717, 1.165) is 6.08 Å². The van der Waals surface area contributed by atoms with Gasteiger partial charge in [-0.25, -0.2) is 14.8 Å². The van der Waals surface area contributed by atoms with Crippen molar-refractivity contribution in [1.82, 2.24) is 9.97 Å². The lowest BCUT2D eigenvalue weighted by Gasteiger charge is -2.13. The smallest absolute Gasteiger partial charge is 0.328 e. The molecule has 7 nitrogen and oxygen atoms in total. The Kier molecular flexibility index (Phi) is 5.14. The number of rotatable bonds is 6. The molecule has 1 aromatic heterocycles.